The maximum absolute atomic E-state index is 12.7. The van der Waals surface area contributed by atoms with E-state index in [0.29, 0.717) is 26.5 Å². The van der Waals surface area contributed by atoms with Crippen LogP contribution in [0.4, 0.5) is 0 Å². The minimum Gasteiger partial charge on any atom is -0.474 e. The molecule has 5 heteroatoms. The molecule has 3 rings (SSSR count). The Hall–Kier alpha value is -2.71. The van der Waals surface area contributed by atoms with Gasteiger partial charge in [-0.25, -0.2) is 9.05 Å². The van der Waals surface area contributed by atoms with Crippen molar-refractivity contribution in [3.8, 4) is 0 Å². The lowest BCUT2D eigenvalue weighted by Crippen LogP contribution is -2.13. The summed E-state index contributed by atoms with van der Waals surface area (Å²) in [5, 5.41) is 0. The Kier molecular flexibility index (Phi) is 3.61. The summed E-state index contributed by atoms with van der Waals surface area (Å²) in [7, 11) is -0.0907. The zero-order chi connectivity index (χ0) is 15.7. The van der Waals surface area contributed by atoms with Gasteiger partial charge in [-0.3, -0.25) is 4.79 Å². The van der Waals surface area contributed by atoms with Gasteiger partial charge in [-0.05, 0) is 23.3 Å². The standard InChI is InChI=1S/C17H11NO3S/c1-18-16(17(19)21-2)15-11-7-3-5-9-13(11)22(20)14-10-6-4-8-12(14)15/h3-10H,2H3. The van der Waals surface area contributed by atoms with Crippen LogP contribution < -0.4 is 0 Å². The first-order valence-corrected chi connectivity index (χ1v) is 7.64. The molecule has 0 saturated heterocycles. The van der Waals surface area contributed by atoms with Crippen molar-refractivity contribution in [3.05, 3.63) is 76.8 Å². The van der Waals surface area contributed by atoms with Gasteiger partial charge >= 0.3 is 5.97 Å². The lowest BCUT2D eigenvalue weighted by atomic mass is 9.95. The number of fused-ring (bicyclic) bond motifs is 2. The van der Waals surface area contributed by atoms with Crippen molar-refractivity contribution in [3.63, 3.8) is 0 Å². The van der Waals surface area contributed by atoms with Crippen LogP contribution in [-0.4, -0.2) is 17.3 Å². The highest BCUT2D eigenvalue weighted by Crippen LogP contribution is 2.41. The molecule has 0 unspecified atom stereocenters. The van der Waals surface area contributed by atoms with Crippen molar-refractivity contribution < 1.29 is 13.7 Å². The highest BCUT2D eigenvalue weighted by Gasteiger charge is 2.30. The Morgan fingerprint density at radius 2 is 1.55 bits per heavy atom. The molecule has 0 saturated carbocycles. The smallest absolute Gasteiger partial charge is 0.336 e. The summed E-state index contributed by atoms with van der Waals surface area (Å²) in [6.07, 6.45) is 0. The average Bonchev–Trinajstić information content (AvgIpc) is 2.58. The average molecular weight is 309 g/mol. The summed E-state index contributed by atoms with van der Waals surface area (Å²) < 4.78 is 17.4. The van der Waals surface area contributed by atoms with E-state index in [1.54, 1.807) is 48.5 Å². The molecular formula is C17H11NO3S. The van der Waals surface area contributed by atoms with E-state index in [9.17, 15) is 9.00 Å². The minimum atomic E-state index is -1.33. The van der Waals surface area contributed by atoms with Gasteiger partial charge in [0.25, 0.3) is 5.70 Å². The molecule has 0 fully saturated rings. The van der Waals surface area contributed by atoms with Crippen molar-refractivity contribution in [2.75, 3.05) is 7.11 Å². The van der Waals surface area contributed by atoms with Crippen molar-refractivity contribution in [1.29, 1.82) is 0 Å². The molecule has 0 aliphatic carbocycles. The number of rotatable bonds is 1. The monoisotopic (exact) mass is 309 g/mol. The Labute approximate surface area is 130 Å². The first kappa shape index (κ1) is 14.2. The summed E-state index contributed by atoms with van der Waals surface area (Å²) in [6.45, 7) is 7.35. The summed E-state index contributed by atoms with van der Waals surface area (Å²) in [5.74, 6) is -0.692. The van der Waals surface area contributed by atoms with Gasteiger partial charge in [-0.1, -0.05) is 36.4 Å². The van der Waals surface area contributed by atoms with E-state index < -0.39 is 16.8 Å². The summed E-state index contributed by atoms with van der Waals surface area (Å²) in [4.78, 5) is 16.5. The number of esters is 1. The van der Waals surface area contributed by atoms with Gasteiger partial charge in [0.15, 0.2) is 0 Å². The molecule has 4 nitrogen and oxygen atoms in total. The van der Waals surface area contributed by atoms with E-state index in [4.69, 9.17) is 11.3 Å². The molecule has 22 heavy (non-hydrogen) atoms. The molecule has 2 aromatic carbocycles. The number of ether oxygens (including phenoxy) is 1. The Morgan fingerprint density at radius 3 is 2.00 bits per heavy atom. The van der Waals surface area contributed by atoms with E-state index in [2.05, 4.69) is 4.85 Å². The fourth-order valence-corrected chi connectivity index (χ4v) is 3.87. The highest BCUT2D eigenvalue weighted by molar-refractivity contribution is 7.85. The van der Waals surface area contributed by atoms with Crippen LogP contribution in [0.3, 0.4) is 0 Å². The summed E-state index contributed by atoms with van der Waals surface area (Å²) in [5.41, 5.74) is 1.65. The zero-order valence-electron chi connectivity index (χ0n) is 11.7. The van der Waals surface area contributed by atoms with E-state index >= 15 is 0 Å². The van der Waals surface area contributed by atoms with Crippen LogP contribution in [-0.2, 0) is 20.3 Å². The molecule has 0 radical (unpaired) electrons. The van der Waals surface area contributed by atoms with E-state index in [1.807, 2.05) is 0 Å². The zero-order valence-corrected chi connectivity index (χ0v) is 12.5. The van der Waals surface area contributed by atoms with Gasteiger partial charge in [0.2, 0.25) is 0 Å². The van der Waals surface area contributed by atoms with E-state index in [0.717, 1.165) is 0 Å². The minimum absolute atomic E-state index is 0.0981. The quantitative estimate of drug-likeness (QED) is 0.394. The molecule has 0 amide bonds. The van der Waals surface area contributed by atoms with Crippen LogP contribution in [0.1, 0.15) is 11.1 Å². The first-order valence-electron chi connectivity index (χ1n) is 6.49. The second-order valence-corrected chi connectivity index (χ2v) is 6.01. The predicted octanol–water partition coefficient (Wildman–Crippen LogP) is 3.02. The number of benzene rings is 2. The molecule has 2 aromatic rings. The SMILES string of the molecule is [C-]#[N+]C(C(=O)OC)=C1c2ccccc2S(=O)c2ccccc21. The highest BCUT2D eigenvalue weighted by atomic mass is 32.2. The molecule has 0 aromatic heterocycles. The summed E-state index contributed by atoms with van der Waals surface area (Å²) in [6, 6.07) is 14.2. The topological polar surface area (TPSA) is 47.7 Å². The van der Waals surface area contributed by atoms with E-state index in [-0.39, 0.29) is 5.70 Å². The fourth-order valence-electron chi connectivity index (χ4n) is 2.49. The van der Waals surface area contributed by atoms with Gasteiger partial charge in [0.1, 0.15) is 0 Å². The molecule has 1 aliphatic heterocycles. The second-order valence-electron chi connectivity index (χ2n) is 4.59. The van der Waals surface area contributed by atoms with E-state index in [1.165, 1.54) is 7.11 Å². The second kappa shape index (κ2) is 5.58. The van der Waals surface area contributed by atoms with Crippen LogP contribution in [0.25, 0.3) is 10.4 Å². The fraction of sp³-hybridized carbons (Fsp3) is 0.0588. The van der Waals surface area contributed by atoms with Crippen LogP contribution in [0, 0.1) is 6.57 Å². The van der Waals surface area contributed by atoms with Crippen molar-refractivity contribution >= 4 is 22.3 Å². The van der Waals surface area contributed by atoms with Crippen LogP contribution in [0.5, 0.6) is 0 Å². The lowest BCUT2D eigenvalue weighted by Gasteiger charge is -2.22. The number of nitrogens with zero attached hydrogens (tertiary/aromatic N) is 1. The van der Waals surface area contributed by atoms with Crippen molar-refractivity contribution in [1.82, 2.24) is 0 Å². The van der Waals surface area contributed by atoms with Gasteiger partial charge in [0, 0.05) is 5.57 Å². The molecule has 1 heterocycles. The molecule has 1 aliphatic rings. The van der Waals surface area contributed by atoms with Gasteiger partial charge < -0.3 is 4.74 Å². The van der Waals surface area contributed by atoms with Crippen molar-refractivity contribution in [2.45, 2.75) is 9.79 Å². The van der Waals surface area contributed by atoms with Crippen LogP contribution in [0.2, 0.25) is 0 Å². The number of carbonyl (C=O) groups excluding carboxylic acids is 1. The molecule has 0 N–H and O–H groups in total. The summed E-state index contributed by atoms with van der Waals surface area (Å²) >= 11 is 0. The normalized spacial score (nSPS) is 15.3. The number of carbonyl (C=O) groups is 1. The number of hydrogen-bond acceptors (Lipinski definition) is 3. The third-order valence-electron chi connectivity index (χ3n) is 3.44. The molecule has 0 bridgehead atoms. The Balaban J connectivity index is 2.44. The lowest BCUT2D eigenvalue weighted by molar-refractivity contribution is -0.135. The third kappa shape index (κ3) is 2.05. The van der Waals surface area contributed by atoms with Crippen molar-refractivity contribution in [2.24, 2.45) is 0 Å². The predicted molar refractivity (Wildman–Crippen MR) is 82.2 cm³/mol. The number of hydrogen-bond donors (Lipinski definition) is 0. The van der Waals surface area contributed by atoms with Crippen LogP contribution >= 0.6 is 0 Å². The number of methoxy groups -OCH3 is 1. The third-order valence-corrected chi connectivity index (χ3v) is 4.95. The van der Waals surface area contributed by atoms with Gasteiger partial charge in [0.05, 0.1) is 34.3 Å². The molecular weight excluding hydrogens is 298 g/mol. The van der Waals surface area contributed by atoms with Gasteiger partial charge in [-0.2, -0.15) is 0 Å². The molecule has 0 spiro atoms. The molecule has 0 atom stereocenters. The maximum Gasteiger partial charge on any atom is 0.336 e. The Bertz CT molecular complexity index is 826. The maximum atomic E-state index is 12.7. The Morgan fingerprint density at radius 1 is 1.05 bits per heavy atom. The van der Waals surface area contributed by atoms with Gasteiger partial charge in [-0.15, -0.1) is 0 Å². The molecule has 108 valence electrons. The first-order chi connectivity index (χ1) is 10.7. The van der Waals surface area contributed by atoms with Crippen LogP contribution in [0.15, 0.2) is 64.0 Å². The largest absolute Gasteiger partial charge is 0.474 e.